The van der Waals surface area contributed by atoms with E-state index in [1.165, 1.54) is 0 Å². The minimum atomic E-state index is -0.786. The van der Waals surface area contributed by atoms with E-state index in [1.54, 1.807) is 14.2 Å². The average Bonchev–Trinajstić information content (AvgIpc) is 2.55. The first-order chi connectivity index (χ1) is 10.6. The summed E-state index contributed by atoms with van der Waals surface area (Å²) in [7, 11) is 3.22. The number of aliphatic carboxylic acids is 1. The highest BCUT2D eigenvalue weighted by atomic mass is 16.5. The van der Waals surface area contributed by atoms with Gasteiger partial charge in [-0.3, -0.25) is 4.79 Å². The molecule has 1 N–H and O–H groups in total. The van der Waals surface area contributed by atoms with Crippen LogP contribution in [0.15, 0.2) is 48.5 Å². The monoisotopic (exact) mass is 300 g/mol. The Balaban J connectivity index is 2.06. The molecule has 0 atom stereocenters. The van der Waals surface area contributed by atoms with Gasteiger partial charge in [0.25, 0.3) is 0 Å². The molecule has 2 aromatic rings. The lowest BCUT2D eigenvalue weighted by atomic mass is 9.92. The van der Waals surface area contributed by atoms with E-state index >= 15 is 0 Å². The quantitative estimate of drug-likeness (QED) is 0.853. The van der Waals surface area contributed by atoms with Crippen LogP contribution in [0.25, 0.3) is 0 Å². The fraction of sp³-hybridized carbons (Fsp3) is 0.278. The molecule has 2 aromatic carbocycles. The number of carbonyl (C=O) groups is 1. The maximum absolute atomic E-state index is 11.5. The van der Waals surface area contributed by atoms with Gasteiger partial charge in [-0.15, -0.1) is 0 Å². The summed E-state index contributed by atoms with van der Waals surface area (Å²) in [6.07, 6.45) is 0.983. The van der Waals surface area contributed by atoms with Crippen molar-refractivity contribution in [2.75, 3.05) is 14.2 Å². The molecule has 0 saturated heterocycles. The van der Waals surface area contributed by atoms with E-state index in [1.807, 2.05) is 48.5 Å². The van der Waals surface area contributed by atoms with Gasteiger partial charge in [0.15, 0.2) is 0 Å². The van der Waals surface area contributed by atoms with Gasteiger partial charge >= 0.3 is 5.97 Å². The molecule has 0 heterocycles. The van der Waals surface area contributed by atoms with Gasteiger partial charge in [-0.1, -0.05) is 24.3 Å². The number of benzene rings is 2. The Labute approximate surface area is 130 Å². The summed E-state index contributed by atoms with van der Waals surface area (Å²) in [5.41, 5.74) is 1.98. The van der Waals surface area contributed by atoms with E-state index in [9.17, 15) is 9.90 Å². The van der Waals surface area contributed by atoms with E-state index in [4.69, 9.17) is 9.47 Å². The predicted octanol–water partition coefficient (Wildman–Crippen LogP) is 3.19. The molecule has 0 radical (unpaired) electrons. The van der Waals surface area contributed by atoms with E-state index in [2.05, 4.69) is 0 Å². The van der Waals surface area contributed by atoms with E-state index in [-0.39, 0.29) is 0 Å². The smallest absolute Gasteiger partial charge is 0.307 e. The molecule has 0 saturated carbocycles. The number of ether oxygens (including phenoxy) is 2. The summed E-state index contributed by atoms with van der Waals surface area (Å²) in [4.78, 5) is 11.5. The lowest BCUT2D eigenvalue weighted by Gasteiger charge is -2.13. The molecule has 0 amide bonds. The molecular formula is C18H20O4. The predicted molar refractivity (Wildman–Crippen MR) is 84.5 cm³/mol. The van der Waals surface area contributed by atoms with E-state index in [0.717, 1.165) is 22.6 Å². The van der Waals surface area contributed by atoms with Crippen LogP contribution in [0.5, 0.6) is 11.5 Å². The molecule has 116 valence electrons. The Kier molecular flexibility index (Phi) is 5.42. The molecule has 4 heteroatoms. The van der Waals surface area contributed by atoms with Gasteiger partial charge in [0.1, 0.15) is 11.5 Å². The number of carboxylic acid groups (broad SMARTS) is 1. The second-order valence-electron chi connectivity index (χ2n) is 5.14. The van der Waals surface area contributed by atoms with Crippen LogP contribution in [-0.4, -0.2) is 25.3 Å². The van der Waals surface area contributed by atoms with Gasteiger partial charge in [-0.05, 0) is 48.2 Å². The van der Waals surface area contributed by atoms with Crippen molar-refractivity contribution in [3.8, 4) is 11.5 Å². The van der Waals surface area contributed by atoms with Crippen molar-refractivity contribution in [1.29, 1.82) is 0 Å². The Morgan fingerprint density at radius 3 is 1.50 bits per heavy atom. The standard InChI is InChI=1S/C18H20O4/c1-21-16-7-3-13(4-8-16)11-15(18(19)20)12-14-5-9-17(22-2)10-6-14/h3-10,15H,11-12H2,1-2H3,(H,19,20). The van der Waals surface area contributed by atoms with Gasteiger partial charge in [0.05, 0.1) is 20.1 Å². The van der Waals surface area contributed by atoms with E-state index < -0.39 is 11.9 Å². The number of rotatable bonds is 7. The summed E-state index contributed by atoms with van der Waals surface area (Å²) in [5, 5.41) is 9.45. The zero-order valence-electron chi connectivity index (χ0n) is 12.8. The molecule has 0 aliphatic carbocycles. The first-order valence-electron chi connectivity index (χ1n) is 7.11. The minimum Gasteiger partial charge on any atom is -0.497 e. The summed E-state index contributed by atoms with van der Waals surface area (Å²) < 4.78 is 10.2. The molecule has 0 spiro atoms. The zero-order chi connectivity index (χ0) is 15.9. The molecular weight excluding hydrogens is 280 g/mol. The summed E-state index contributed by atoms with van der Waals surface area (Å²) in [6.45, 7) is 0. The fourth-order valence-electron chi connectivity index (χ4n) is 2.34. The number of hydrogen-bond donors (Lipinski definition) is 1. The Morgan fingerprint density at radius 1 is 0.864 bits per heavy atom. The third-order valence-electron chi connectivity index (χ3n) is 3.63. The van der Waals surface area contributed by atoms with Crippen molar-refractivity contribution < 1.29 is 19.4 Å². The number of methoxy groups -OCH3 is 2. The molecule has 0 aromatic heterocycles. The molecule has 0 aliphatic rings. The second kappa shape index (κ2) is 7.50. The van der Waals surface area contributed by atoms with Crippen molar-refractivity contribution >= 4 is 5.97 Å². The molecule has 0 bridgehead atoms. The highest BCUT2D eigenvalue weighted by Gasteiger charge is 2.18. The van der Waals surface area contributed by atoms with Crippen LogP contribution in [0.4, 0.5) is 0 Å². The molecule has 0 fully saturated rings. The molecule has 2 rings (SSSR count). The fourth-order valence-corrected chi connectivity index (χ4v) is 2.34. The molecule has 4 nitrogen and oxygen atoms in total. The molecule has 0 unspecified atom stereocenters. The van der Waals surface area contributed by atoms with Crippen molar-refractivity contribution in [3.63, 3.8) is 0 Å². The Hall–Kier alpha value is -2.49. The Bertz CT molecular complexity index is 552. The van der Waals surface area contributed by atoms with Gasteiger partial charge < -0.3 is 14.6 Å². The van der Waals surface area contributed by atoms with Gasteiger partial charge in [-0.2, -0.15) is 0 Å². The number of carboxylic acids is 1. The first-order valence-corrected chi connectivity index (χ1v) is 7.11. The molecule has 22 heavy (non-hydrogen) atoms. The van der Waals surface area contributed by atoms with Crippen LogP contribution in [0.1, 0.15) is 11.1 Å². The van der Waals surface area contributed by atoms with Crippen molar-refractivity contribution in [2.45, 2.75) is 12.8 Å². The van der Waals surface area contributed by atoms with Crippen LogP contribution >= 0.6 is 0 Å². The highest BCUT2D eigenvalue weighted by molar-refractivity contribution is 5.71. The number of hydrogen-bond acceptors (Lipinski definition) is 3. The maximum atomic E-state index is 11.5. The lowest BCUT2D eigenvalue weighted by Crippen LogP contribution is -2.19. The zero-order valence-corrected chi connectivity index (χ0v) is 12.8. The van der Waals surface area contributed by atoms with Crippen LogP contribution < -0.4 is 9.47 Å². The largest absolute Gasteiger partial charge is 0.497 e. The average molecular weight is 300 g/mol. The SMILES string of the molecule is COc1ccc(CC(Cc2ccc(OC)cc2)C(=O)O)cc1. The maximum Gasteiger partial charge on any atom is 0.307 e. The summed E-state index contributed by atoms with van der Waals surface area (Å²) >= 11 is 0. The van der Waals surface area contributed by atoms with Crippen LogP contribution in [0.2, 0.25) is 0 Å². The van der Waals surface area contributed by atoms with Crippen LogP contribution in [-0.2, 0) is 17.6 Å². The van der Waals surface area contributed by atoms with Crippen molar-refractivity contribution in [3.05, 3.63) is 59.7 Å². The second-order valence-corrected chi connectivity index (χ2v) is 5.14. The van der Waals surface area contributed by atoms with Gasteiger partial charge in [0.2, 0.25) is 0 Å². The van der Waals surface area contributed by atoms with E-state index in [0.29, 0.717) is 12.8 Å². The first kappa shape index (κ1) is 15.9. The summed E-state index contributed by atoms with van der Waals surface area (Å²) in [6, 6.07) is 15.0. The third kappa shape index (κ3) is 4.25. The van der Waals surface area contributed by atoms with Crippen LogP contribution in [0, 0.1) is 5.92 Å². The highest BCUT2D eigenvalue weighted by Crippen LogP contribution is 2.19. The van der Waals surface area contributed by atoms with Crippen LogP contribution in [0.3, 0.4) is 0 Å². The lowest BCUT2D eigenvalue weighted by molar-refractivity contribution is -0.141. The Morgan fingerprint density at radius 2 is 1.23 bits per heavy atom. The third-order valence-corrected chi connectivity index (χ3v) is 3.63. The van der Waals surface area contributed by atoms with Gasteiger partial charge in [0, 0.05) is 0 Å². The minimum absolute atomic E-state index is 0.457. The van der Waals surface area contributed by atoms with Gasteiger partial charge in [-0.25, -0.2) is 0 Å². The molecule has 0 aliphatic heterocycles. The topological polar surface area (TPSA) is 55.8 Å². The van der Waals surface area contributed by atoms with Crippen molar-refractivity contribution in [1.82, 2.24) is 0 Å². The normalized spacial score (nSPS) is 10.5. The van der Waals surface area contributed by atoms with Crippen molar-refractivity contribution in [2.24, 2.45) is 5.92 Å². The summed E-state index contributed by atoms with van der Waals surface area (Å²) in [5.74, 6) is 0.296.